The Hall–Kier alpha value is -0.820. The highest BCUT2D eigenvalue weighted by molar-refractivity contribution is 7.90. The fraction of sp³-hybridized carbons (Fsp3) is 0.929. The van der Waals surface area contributed by atoms with E-state index in [-0.39, 0.29) is 11.8 Å². The van der Waals surface area contributed by atoms with Crippen molar-refractivity contribution in [3.63, 3.8) is 0 Å². The van der Waals surface area contributed by atoms with E-state index in [1.807, 2.05) is 13.8 Å². The molecule has 1 atom stereocenters. The number of guanidine groups is 1. The van der Waals surface area contributed by atoms with Crippen molar-refractivity contribution in [2.75, 3.05) is 38.7 Å². The lowest BCUT2D eigenvalue weighted by atomic mass is 10.3. The lowest BCUT2D eigenvalue weighted by molar-refractivity contribution is 0.282. The Morgan fingerprint density at radius 2 is 1.90 bits per heavy atom. The van der Waals surface area contributed by atoms with Crippen molar-refractivity contribution in [3.8, 4) is 0 Å². The average Bonchev–Trinajstić information content (AvgIpc) is 2.35. The molecular formula is C14H32N4O2S. The van der Waals surface area contributed by atoms with Crippen LogP contribution in [0.3, 0.4) is 0 Å². The summed E-state index contributed by atoms with van der Waals surface area (Å²) in [4.78, 5) is 6.76. The van der Waals surface area contributed by atoms with Crippen LogP contribution in [0.4, 0.5) is 0 Å². The summed E-state index contributed by atoms with van der Waals surface area (Å²) in [6.45, 7) is 10.7. The lowest BCUT2D eigenvalue weighted by Crippen LogP contribution is -2.43. The molecular weight excluding hydrogens is 288 g/mol. The zero-order chi connectivity index (χ0) is 16.5. The minimum Gasteiger partial charge on any atom is -0.357 e. The summed E-state index contributed by atoms with van der Waals surface area (Å²) in [6.07, 6.45) is 1.84. The predicted molar refractivity (Wildman–Crippen MR) is 90.7 cm³/mol. The molecule has 0 saturated heterocycles. The smallest absolute Gasteiger partial charge is 0.191 e. The Bertz CT molecular complexity index is 407. The summed E-state index contributed by atoms with van der Waals surface area (Å²) in [6, 6.07) is 0.574. The molecule has 0 rings (SSSR count). The second kappa shape index (κ2) is 10.00. The van der Waals surface area contributed by atoms with E-state index >= 15 is 0 Å². The molecule has 0 amide bonds. The minimum absolute atomic E-state index is 0.0698. The van der Waals surface area contributed by atoms with Gasteiger partial charge in [-0.1, -0.05) is 0 Å². The number of likely N-dealkylation sites (N-methyl/N-ethyl adjacent to an activating group) is 1. The first-order chi connectivity index (χ1) is 9.65. The molecule has 0 heterocycles. The molecule has 7 heteroatoms. The fourth-order valence-corrected chi connectivity index (χ4v) is 2.38. The van der Waals surface area contributed by atoms with Crippen LogP contribution in [0.2, 0.25) is 0 Å². The summed E-state index contributed by atoms with van der Waals surface area (Å²) >= 11 is 0. The number of nitrogens with zero attached hydrogens (tertiary/aromatic N) is 2. The quantitative estimate of drug-likeness (QED) is 0.483. The summed E-state index contributed by atoms with van der Waals surface area (Å²) in [5.41, 5.74) is 0. The van der Waals surface area contributed by atoms with Gasteiger partial charge in [0.2, 0.25) is 0 Å². The van der Waals surface area contributed by atoms with Crippen LogP contribution in [0.1, 0.15) is 34.1 Å². The zero-order valence-electron chi connectivity index (χ0n) is 14.3. The maximum absolute atomic E-state index is 11.2. The highest BCUT2D eigenvalue weighted by Gasteiger charge is 2.09. The van der Waals surface area contributed by atoms with Crippen LogP contribution in [0, 0.1) is 0 Å². The average molecular weight is 321 g/mol. The van der Waals surface area contributed by atoms with E-state index in [1.165, 1.54) is 6.26 Å². The molecule has 0 saturated carbocycles. The van der Waals surface area contributed by atoms with Crippen LogP contribution in [-0.2, 0) is 9.84 Å². The monoisotopic (exact) mass is 320 g/mol. The van der Waals surface area contributed by atoms with Gasteiger partial charge in [0.05, 0.1) is 12.3 Å². The van der Waals surface area contributed by atoms with Gasteiger partial charge in [0.25, 0.3) is 0 Å². The molecule has 0 aromatic carbocycles. The molecule has 0 spiro atoms. The largest absolute Gasteiger partial charge is 0.357 e. The summed E-state index contributed by atoms with van der Waals surface area (Å²) < 4.78 is 22.4. The summed E-state index contributed by atoms with van der Waals surface area (Å²) in [7, 11) is -0.833. The van der Waals surface area contributed by atoms with Gasteiger partial charge in [-0.25, -0.2) is 8.42 Å². The van der Waals surface area contributed by atoms with Crippen molar-refractivity contribution in [3.05, 3.63) is 0 Å². The van der Waals surface area contributed by atoms with Gasteiger partial charge in [-0.3, -0.25) is 4.99 Å². The molecule has 126 valence electrons. The molecule has 0 fully saturated rings. The van der Waals surface area contributed by atoms with Gasteiger partial charge in [-0.2, -0.15) is 0 Å². The third kappa shape index (κ3) is 11.5. The van der Waals surface area contributed by atoms with Gasteiger partial charge in [0.1, 0.15) is 9.84 Å². The molecule has 21 heavy (non-hydrogen) atoms. The van der Waals surface area contributed by atoms with E-state index in [0.29, 0.717) is 19.0 Å². The highest BCUT2D eigenvalue weighted by Crippen LogP contribution is 1.96. The maximum Gasteiger partial charge on any atom is 0.191 e. The Morgan fingerprint density at radius 3 is 2.38 bits per heavy atom. The van der Waals surface area contributed by atoms with E-state index in [0.717, 1.165) is 19.0 Å². The van der Waals surface area contributed by atoms with E-state index in [1.54, 1.807) is 0 Å². The first-order valence-corrected chi connectivity index (χ1v) is 9.64. The molecule has 0 bridgehead atoms. The molecule has 0 aliphatic rings. The van der Waals surface area contributed by atoms with Crippen LogP contribution < -0.4 is 10.6 Å². The lowest BCUT2D eigenvalue weighted by Gasteiger charge is -2.21. The Morgan fingerprint density at radius 1 is 1.29 bits per heavy atom. The number of rotatable bonds is 9. The van der Waals surface area contributed by atoms with Crippen LogP contribution in [-0.4, -0.2) is 70.1 Å². The molecule has 0 radical (unpaired) electrons. The number of sulfone groups is 1. The van der Waals surface area contributed by atoms with Crippen molar-refractivity contribution in [1.82, 2.24) is 15.5 Å². The number of aliphatic imine (C=N–C) groups is 1. The first-order valence-electron chi connectivity index (χ1n) is 7.58. The van der Waals surface area contributed by atoms with Gasteiger partial charge in [-0.15, -0.1) is 0 Å². The standard InChI is InChI=1S/C14H32N4O2S/c1-7-15-14(16-9-10-18(5)12(2)3)17-13(4)8-11-21(6,19)20/h12-13H,7-11H2,1-6H3,(H2,15,16,17). The van der Waals surface area contributed by atoms with Crippen LogP contribution in [0.25, 0.3) is 0 Å². The van der Waals surface area contributed by atoms with Gasteiger partial charge in [-0.05, 0) is 41.2 Å². The number of nitrogens with one attached hydrogen (secondary N) is 2. The second-order valence-corrected chi connectivity index (χ2v) is 8.06. The maximum atomic E-state index is 11.2. The number of hydrogen-bond acceptors (Lipinski definition) is 4. The molecule has 1 unspecified atom stereocenters. The zero-order valence-corrected chi connectivity index (χ0v) is 15.1. The van der Waals surface area contributed by atoms with E-state index in [4.69, 9.17) is 0 Å². The van der Waals surface area contributed by atoms with Crippen molar-refractivity contribution in [2.24, 2.45) is 4.99 Å². The fourth-order valence-electron chi connectivity index (χ4n) is 1.59. The third-order valence-electron chi connectivity index (χ3n) is 3.25. The third-order valence-corrected chi connectivity index (χ3v) is 4.23. The molecule has 0 aliphatic heterocycles. The van der Waals surface area contributed by atoms with Crippen LogP contribution in [0.5, 0.6) is 0 Å². The van der Waals surface area contributed by atoms with E-state index in [2.05, 4.69) is 41.4 Å². The van der Waals surface area contributed by atoms with Crippen molar-refractivity contribution in [2.45, 2.75) is 46.2 Å². The van der Waals surface area contributed by atoms with Gasteiger partial charge in [0.15, 0.2) is 5.96 Å². The Kier molecular flexibility index (Phi) is 9.61. The Balaban J connectivity index is 4.33. The van der Waals surface area contributed by atoms with E-state index in [9.17, 15) is 8.42 Å². The second-order valence-electron chi connectivity index (χ2n) is 5.80. The van der Waals surface area contributed by atoms with Gasteiger partial charge >= 0.3 is 0 Å². The molecule has 0 aromatic heterocycles. The van der Waals surface area contributed by atoms with Gasteiger partial charge in [0, 0.05) is 31.4 Å². The summed E-state index contributed by atoms with van der Waals surface area (Å²) in [5.74, 6) is 0.937. The SMILES string of the molecule is CCNC(=NCCN(C)C(C)C)NC(C)CCS(C)(=O)=O. The van der Waals surface area contributed by atoms with Crippen molar-refractivity contribution >= 4 is 15.8 Å². The molecule has 0 aromatic rings. The van der Waals surface area contributed by atoms with Crippen LogP contribution in [0.15, 0.2) is 4.99 Å². The molecule has 6 nitrogen and oxygen atoms in total. The molecule has 0 aliphatic carbocycles. The van der Waals surface area contributed by atoms with Crippen LogP contribution >= 0.6 is 0 Å². The summed E-state index contributed by atoms with van der Waals surface area (Å²) in [5, 5.41) is 6.43. The van der Waals surface area contributed by atoms with Gasteiger partial charge < -0.3 is 15.5 Å². The van der Waals surface area contributed by atoms with Crippen molar-refractivity contribution < 1.29 is 8.42 Å². The minimum atomic E-state index is -2.91. The first kappa shape index (κ1) is 20.2. The highest BCUT2D eigenvalue weighted by atomic mass is 32.2. The topological polar surface area (TPSA) is 73.8 Å². The normalized spacial score (nSPS) is 14.6. The number of hydrogen-bond donors (Lipinski definition) is 2. The molecule has 2 N–H and O–H groups in total. The van der Waals surface area contributed by atoms with E-state index < -0.39 is 9.84 Å². The predicted octanol–water partition coefficient (Wildman–Crippen LogP) is 0.705. The Labute approximate surface area is 130 Å². The van der Waals surface area contributed by atoms with Crippen molar-refractivity contribution in [1.29, 1.82) is 0 Å².